The molecule has 0 fully saturated rings. The molecule has 102 valence electrons. The zero-order chi connectivity index (χ0) is 13.7. The van der Waals surface area contributed by atoms with Crippen molar-refractivity contribution in [2.45, 2.75) is 32.9 Å². The van der Waals surface area contributed by atoms with Crippen molar-refractivity contribution in [3.05, 3.63) is 47.5 Å². The molecule has 4 nitrogen and oxygen atoms in total. The van der Waals surface area contributed by atoms with E-state index < -0.39 is 0 Å². The second kappa shape index (κ2) is 6.38. The SMILES string of the molecule is COc1ccc(CCCn2ccnc2CO)c(C)c1. The Morgan fingerprint density at radius 3 is 2.89 bits per heavy atom. The van der Waals surface area contributed by atoms with Gasteiger partial charge in [0.1, 0.15) is 18.2 Å². The Morgan fingerprint density at radius 1 is 1.37 bits per heavy atom. The molecule has 0 aliphatic carbocycles. The fourth-order valence-electron chi connectivity index (χ4n) is 2.21. The van der Waals surface area contributed by atoms with Crippen molar-refractivity contribution < 1.29 is 9.84 Å². The van der Waals surface area contributed by atoms with E-state index in [1.807, 2.05) is 16.8 Å². The molecule has 0 saturated heterocycles. The van der Waals surface area contributed by atoms with Gasteiger partial charge in [-0.3, -0.25) is 0 Å². The standard InChI is InChI=1S/C15H20N2O2/c1-12-10-14(19-2)6-5-13(12)4-3-8-17-9-7-16-15(17)11-18/h5-7,9-10,18H,3-4,8,11H2,1-2H3. The Labute approximate surface area is 113 Å². The summed E-state index contributed by atoms with van der Waals surface area (Å²) in [6.45, 7) is 2.98. The number of hydrogen-bond acceptors (Lipinski definition) is 3. The smallest absolute Gasteiger partial charge is 0.134 e. The van der Waals surface area contributed by atoms with Crippen LogP contribution in [0, 0.1) is 6.92 Å². The summed E-state index contributed by atoms with van der Waals surface area (Å²) in [5.41, 5.74) is 2.60. The third-order valence-electron chi connectivity index (χ3n) is 3.34. The molecule has 0 bridgehead atoms. The van der Waals surface area contributed by atoms with E-state index in [1.54, 1.807) is 13.3 Å². The monoisotopic (exact) mass is 260 g/mol. The first-order chi connectivity index (χ1) is 9.24. The Bertz CT molecular complexity index is 535. The Kier molecular flexibility index (Phi) is 4.58. The number of methoxy groups -OCH3 is 1. The number of aromatic nitrogens is 2. The minimum atomic E-state index is -0.00539. The van der Waals surface area contributed by atoms with Crippen LogP contribution in [0.5, 0.6) is 5.75 Å². The van der Waals surface area contributed by atoms with Crippen LogP contribution < -0.4 is 4.74 Å². The minimum absolute atomic E-state index is 0.00539. The van der Waals surface area contributed by atoms with Crippen LogP contribution in [0.3, 0.4) is 0 Å². The molecule has 19 heavy (non-hydrogen) atoms. The Morgan fingerprint density at radius 2 is 2.21 bits per heavy atom. The van der Waals surface area contributed by atoms with Gasteiger partial charge in [0, 0.05) is 18.9 Å². The summed E-state index contributed by atoms with van der Waals surface area (Å²) < 4.78 is 7.20. The van der Waals surface area contributed by atoms with Crippen molar-refractivity contribution in [2.75, 3.05) is 7.11 Å². The largest absolute Gasteiger partial charge is 0.497 e. The topological polar surface area (TPSA) is 47.3 Å². The van der Waals surface area contributed by atoms with Crippen molar-refractivity contribution >= 4 is 0 Å². The van der Waals surface area contributed by atoms with Crippen molar-refractivity contribution in [3.63, 3.8) is 0 Å². The molecule has 0 atom stereocenters. The molecule has 0 spiro atoms. The summed E-state index contributed by atoms with van der Waals surface area (Å²) in [6, 6.07) is 6.18. The van der Waals surface area contributed by atoms with Crippen molar-refractivity contribution in [1.82, 2.24) is 9.55 Å². The molecule has 0 unspecified atom stereocenters. The van der Waals surface area contributed by atoms with Crippen molar-refractivity contribution in [3.8, 4) is 5.75 Å². The van der Waals surface area contributed by atoms with Gasteiger partial charge in [0.2, 0.25) is 0 Å². The second-order valence-corrected chi connectivity index (χ2v) is 4.59. The van der Waals surface area contributed by atoms with E-state index in [0.717, 1.165) is 31.0 Å². The predicted molar refractivity (Wildman–Crippen MR) is 74.2 cm³/mol. The van der Waals surface area contributed by atoms with Crippen LogP contribution in [0.1, 0.15) is 23.4 Å². The van der Waals surface area contributed by atoms with E-state index in [2.05, 4.69) is 24.0 Å². The number of aliphatic hydroxyl groups is 1. The lowest BCUT2D eigenvalue weighted by molar-refractivity contribution is 0.264. The predicted octanol–water partition coefficient (Wildman–Crippen LogP) is 2.33. The fraction of sp³-hybridized carbons (Fsp3) is 0.400. The van der Waals surface area contributed by atoms with Crippen LogP contribution in [-0.2, 0) is 19.6 Å². The quantitative estimate of drug-likeness (QED) is 0.867. The highest BCUT2D eigenvalue weighted by Gasteiger charge is 2.03. The lowest BCUT2D eigenvalue weighted by Crippen LogP contribution is -2.04. The van der Waals surface area contributed by atoms with Crippen LogP contribution >= 0.6 is 0 Å². The zero-order valence-electron chi connectivity index (χ0n) is 11.5. The van der Waals surface area contributed by atoms with Gasteiger partial charge in [-0.2, -0.15) is 0 Å². The molecular formula is C15H20N2O2. The summed E-state index contributed by atoms with van der Waals surface area (Å²) in [5, 5.41) is 9.13. The van der Waals surface area contributed by atoms with Crippen molar-refractivity contribution in [1.29, 1.82) is 0 Å². The van der Waals surface area contributed by atoms with Gasteiger partial charge in [-0.15, -0.1) is 0 Å². The number of ether oxygens (including phenoxy) is 1. The van der Waals surface area contributed by atoms with Gasteiger partial charge in [-0.25, -0.2) is 4.98 Å². The summed E-state index contributed by atoms with van der Waals surface area (Å²) in [6.07, 6.45) is 5.67. The molecule has 1 aromatic carbocycles. The average Bonchev–Trinajstić information content (AvgIpc) is 2.88. The highest BCUT2D eigenvalue weighted by molar-refractivity contribution is 5.34. The average molecular weight is 260 g/mol. The maximum Gasteiger partial charge on any atom is 0.134 e. The summed E-state index contributed by atoms with van der Waals surface area (Å²) in [5.74, 6) is 1.63. The van der Waals surface area contributed by atoms with Gasteiger partial charge in [0.15, 0.2) is 0 Å². The van der Waals surface area contributed by atoms with Gasteiger partial charge in [-0.1, -0.05) is 6.07 Å². The maximum absolute atomic E-state index is 9.13. The van der Waals surface area contributed by atoms with Crippen molar-refractivity contribution in [2.24, 2.45) is 0 Å². The van der Waals surface area contributed by atoms with E-state index in [1.165, 1.54) is 11.1 Å². The van der Waals surface area contributed by atoms with E-state index in [0.29, 0.717) is 0 Å². The van der Waals surface area contributed by atoms with Crippen LogP contribution in [0.2, 0.25) is 0 Å². The summed E-state index contributed by atoms with van der Waals surface area (Å²) in [4.78, 5) is 4.10. The number of imidazole rings is 1. The molecule has 0 saturated carbocycles. The molecular weight excluding hydrogens is 240 g/mol. The first-order valence-corrected chi connectivity index (χ1v) is 6.49. The highest BCUT2D eigenvalue weighted by atomic mass is 16.5. The Hall–Kier alpha value is -1.81. The molecule has 4 heteroatoms. The molecule has 0 radical (unpaired) electrons. The van der Waals surface area contributed by atoms with E-state index in [9.17, 15) is 0 Å². The molecule has 0 aliphatic heterocycles. The van der Waals surface area contributed by atoms with E-state index >= 15 is 0 Å². The molecule has 1 heterocycles. The number of rotatable bonds is 6. The highest BCUT2D eigenvalue weighted by Crippen LogP contribution is 2.18. The second-order valence-electron chi connectivity index (χ2n) is 4.59. The molecule has 2 rings (SSSR count). The van der Waals surface area contributed by atoms with Gasteiger partial charge in [0.25, 0.3) is 0 Å². The molecule has 1 N–H and O–H groups in total. The third-order valence-corrected chi connectivity index (χ3v) is 3.34. The van der Waals surface area contributed by atoms with Crippen LogP contribution in [0.25, 0.3) is 0 Å². The first-order valence-electron chi connectivity index (χ1n) is 6.49. The lowest BCUT2D eigenvalue weighted by atomic mass is 10.0. The summed E-state index contributed by atoms with van der Waals surface area (Å²) in [7, 11) is 1.68. The molecule has 0 aliphatic rings. The van der Waals surface area contributed by atoms with Gasteiger partial charge >= 0.3 is 0 Å². The Balaban J connectivity index is 1.92. The minimum Gasteiger partial charge on any atom is -0.497 e. The number of hydrogen-bond donors (Lipinski definition) is 1. The molecule has 2 aromatic rings. The fourth-order valence-corrected chi connectivity index (χ4v) is 2.21. The van der Waals surface area contributed by atoms with Crippen LogP contribution in [0.15, 0.2) is 30.6 Å². The maximum atomic E-state index is 9.13. The van der Waals surface area contributed by atoms with Gasteiger partial charge in [-0.05, 0) is 43.0 Å². The lowest BCUT2D eigenvalue weighted by Gasteiger charge is -2.09. The number of aryl methyl sites for hydroxylation is 3. The summed E-state index contributed by atoms with van der Waals surface area (Å²) >= 11 is 0. The molecule has 1 aromatic heterocycles. The van der Waals surface area contributed by atoms with Crippen LogP contribution in [-0.4, -0.2) is 21.8 Å². The van der Waals surface area contributed by atoms with E-state index in [4.69, 9.17) is 9.84 Å². The normalized spacial score (nSPS) is 10.7. The van der Waals surface area contributed by atoms with Crippen LogP contribution in [0.4, 0.5) is 0 Å². The third kappa shape index (κ3) is 3.35. The van der Waals surface area contributed by atoms with Gasteiger partial charge in [0.05, 0.1) is 7.11 Å². The number of benzene rings is 1. The van der Waals surface area contributed by atoms with Gasteiger partial charge < -0.3 is 14.4 Å². The number of nitrogens with zero attached hydrogens (tertiary/aromatic N) is 2. The number of aliphatic hydroxyl groups excluding tert-OH is 1. The first kappa shape index (κ1) is 13.6. The van der Waals surface area contributed by atoms with E-state index in [-0.39, 0.29) is 6.61 Å². The molecule has 0 amide bonds. The zero-order valence-corrected chi connectivity index (χ0v) is 11.5.